The van der Waals surface area contributed by atoms with Gasteiger partial charge in [-0.3, -0.25) is 0 Å². The fourth-order valence-corrected chi connectivity index (χ4v) is 2.84. The molecular weight excluding hydrogens is 272 g/mol. The van der Waals surface area contributed by atoms with Gasteiger partial charge >= 0.3 is 5.97 Å². The lowest BCUT2D eigenvalue weighted by Gasteiger charge is -2.03. The molecule has 0 radical (unpaired) electrons. The summed E-state index contributed by atoms with van der Waals surface area (Å²) < 4.78 is 4.69. The number of aryl methyl sites for hydroxylation is 1. The van der Waals surface area contributed by atoms with E-state index in [1.165, 1.54) is 24.6 Å². The molecule has 2 aromatic heterocycles. The maximum Gasteiger partial charge on any atom is 0.349 e. The molecule has 0 bridgehead atoms. The molecule has 2 heterocycles. The van der Waals surface area contributed by atoms with Crippen LogP contribution in [0.2, 0.25) is 0 Å². The summed E-state index contributed by atoms with van der Waals surface area (Å²) in [5.74, 6) is -0.369. The Morgan fingerprint density at radius 2 is 2.10 bits per heavy atom. The minimum Gasteiger partial charge on any atom is -0.465 e. The van der Waals surface area contributed by atoms with Crippen LogP contribution in [-0.4, -0.2) is 23.0 Å². The first-order valence-electron chi connectivity index (χ1n) is 6.10. The lowest BCUT2D eigenvalue weighted by Crippen LogP contribution is -1.96. The Balaban J connectivity index is 2.10. The van der Waals surface area contributed by atoms with Gasteiger partial charge in [0.1, 0.15) is 9.88 Å². The first-order chi connectivity index (χ1) is 9.69. The van der Waals surface area contributed by atoms with Crippen molar-refractivity contribution >= 4 is 28.2 Å². The molecule has 0 spiro atoms. The number of thiazole rings is 1. The number of nitrogens with zero attached hydrogens (tertiary/aromatic N) is 2. The zero-order valence-electron chi connectivity index (χ0n) is 11.1. The standard InChI is InChI=1S/C15H12N2O2S/c1-9-7-12(17-11-6-4-3-5-10(9)11)14-16-8-13(20-14)15(18)19-2/h3-8H,1-2H3. The number of pyridine rings is 1. The molecule has 0 aliphatic heterocycles. The molecule has 20 heavy (non-hydrogen) atoms. The van der Waals surface area contributed by atoms with Crippen molar-refractivity contribution in [1.29, 1.82) is 0 Å². The van der Waals surface area contributed by atoms with Gasteiger partial charge in [0.25, 0.3) is 0 Å². The second-order valence-electron chi connectivity index (χ2n) is 4.36. The van der Waals surface area contributed by atoms with Crippen LogP contribution >= 0.6 is 11.3 Å². The fraction of sp³-hybridized carbons (Fsp3) is 0.133. The molecule has 0 N–H and O–H groups in total. The number of hydrogen-bond donors (Lipinski definition) is 0. The van der Waals surface area contributed by atoms with E-state index in [0.717, 1.165) is 27.2 Å². The highest BCUT2D eigenvalue weighted by molar-refractivity contribution is 7.16. The van der Waals surface area contributed by atoms with Crippen LogP contribution in [0.4, 0.5) is 0 Å². The minimum atomic E-state index is -0.369. The maximum atomic E-state index is 11.5. The van der Waals surface area contributed by atoms with Crippen LogP contribution in [0.1, 0.15) is 15.2 Å². The second-order valence-corrected chi connectivity index (χ2v) is 5.39. The van der Waals surface area contributed by atoms with Crippen molar-refractivity contribution in [2.75, 3.05) is 7.11 Å². The third-order valence-electron chi connectivity index (χ3n) is 3.03. The van der Waals surface area contributed by atoms with Gasteiger partial charge in [-0.05, 0) is 24.6 Å². The van der Waals surface area contributed by atoms with Crippen LogP contribution in [0.5, 0.6) is 0 Å². The average molecular weight is 284 g/mol. The van der Waals surface area contributed by atoms with E-state index in [1.807, 2.05) is 37.3 Å². The Morgan fingerprint density at radius 1 is 1.30 bits per heavy atom. The Hall–Kier alpha value is -2.27. The molecule has 0 saturated heterocycles. The number of rotatable bonds is 2. The molecule has 0 fully saturated rings. The number of hydrogen-bond acceptors (Lipinski definition) is 5. The van der Waals surface area contributed by atoms with Gasteiger partial charge in [-0.1, -0.05) is 18.2 Å². The van der Waals surface area contributed by atoms with Crippen molar-refractivity contribution in [3.05, 3.63) is 47.0 Å². The molecule has 4 nitrogen and oxygen atoms in total. The number of methoxy groups -OCH3 is 1. The van der Waals surface area contributed by atoms with E-state index in [-0.39, 0.29) is 5.97 Å². The van der Waals surface area contributed by atoms with Crippen LogP contribution in [0, 0.1) is 6.92 Å². The molecule has 0 amide bonds. The maximum absolute atomic E-state index is 11.5. The lowest BCUT2D eigenvalue weighted by molar-refractivity contribution is 0.0606. The first-order valence-corrected chi connectivity index (χ1v) is 6.91. The monoisotopic (exact) mass is 284 g/mol. The fourth-order valence-electron chi connectivity index (χ4n) is 2.05. The van der Waals surface area contributed by atoms with Gasteiger partial charge in [-0.15, -0.1) is 11.3 Å². The molecular formula is C15H12N2O2S. The predicted molar refractivity (Wildman–Crippen MR) is 78.9 cm³/mol. The SMILES string of the molecule is COC(=O)c1cnc(-c2cc(C)c3ccccc3n2)s1. The molecule has 0 aliphatic carbocycles. The average Bonchev–Trinajstić information content (AvgIpc) is 2.96. The zero-order valence-corrected chi connectivity index (χ0v) is 11.9. The largest absolute Gasteiger partial charge is 0.465 e. The van der Waals surface area contributed by atoms with Gasteiger partial charge in [0, 0.05) is 5.39 Å². The summed E-state index contributed by atoms with van der Waals surface area (Å²) >= 11 is 1.29. The highest BCUT2D eigenvalue weighted by atomic mass is 32.1. The van der Waals surface area contributed by atoms with Crippen LogP contribution < -0.4 is 0 Å². The van der Waals surface area contributed by atoms with E-state index < -0.39 is 0 Å². The topological polar surface area (TPSA) is 52.1 Å². The van der Waals surface area contributed by atoms with Gasteiger partial charge in [0.2, 0.25) is 0 Å². The summed E-state index contributed by atoms with van der Waals surface area (Å²) in [5, 5.41) is 1.85. The van der Waals surface area contributed by atoms with Crippen molar-refractivity contribution in [3.63, 3.8) is 0 Å². The number of carbonyl (C=O) groups is 1. The smallest absolute Gasteiger partial charge is 0.349 e. The van der Waals surface area contributed by atoms with Crippen molar-refractivity contribution in [1.82, 2.24) is 9.97 Å². The van der Waals surface area contributed by atoms with Crippen molar-refractivity contribution in [2.24, 2.45) is 0 Å². The van der Waals surface area contributed by atoms with Crippen LogP contribution in [0.25, 0.3) is 21.6 Å². The van der Waals surface area contributed by atoms with Gasteiger partial charge in [-0.2, -0.15) is 0 Å². The summed E-state index contributed by atoms with van der Waals surface area (Å²) in [7, 11) is 1.36. The number of para-hydroxylation sites is 1. The second kappa shape index (κ2) is 5.02. The molecule has 3 rings (SSSR count). The van der Waals surface area contributed by atoms with Gasteiger partial charge in [0.05, 0.1) is 24.5 Å². The third-order valence-corrected chi connectivity index (χ3v) is 4.03. The minimum absolute atomic E-state index is 0.369. The number of ether oxygens (including phenoxy) is 1. The number of esters is 1. The summed E-state index contributed by atoms with van der Waals surface area (Å²) in [6, 6.07) is 9.96. The Bertz CT molecular complexity index is 795. The highest BCUT2D eigenvalue weighted by Gasteiger charge is 2.13. The highest BCUT2D eigenvalue weighted by Crippen LogP contribution is 2.27. The summed E-state index contributed by atoms with van der Waals surface area (Å²) in [6.07, 6.45) is 1.53. The van der Waals surface area contributed by atoms with Crippen molar-refractivity contribution in [3.8, 4) is 10.7 Å². The number of benzene rings is 1. The van der Waals surface area contributed by atoms with E-state index >= 15 is 0 Å². The molecule has 0 atom stereocenters. The van der Waals surface area contributed by atoms with E-state index in [0.29, 0.717) is 4.88 Å². The third kappa shape index (κ3) is 2.16. The summed E-state index contributed by atoms with van der Waals surface area (Å²) in [4.78, 5) is 20.8. The molecule has 1 aromatic carbocycles. The van der Waals surface area contributed by atoms with Gasteiger partial charge in [0.15, 0.2) is 0 Å². The Morgan fingerprint density at radius 3 is 2.90 bits per heavy atom. The number of carbonyl (C=O) groups excluding carboxylic acids is 1. The van der Waals surface area contributed by atoms with Crippen molar-refractivity contribution < 1.29 is 9.53 Å². The molecule has 5 heteroatoms. The van der Waals surface area contributed by atoms with Crippen LogP contribution in [0.3, 0.4) is 0 Å². The zero-order chi connectivity index (χ0) is 14.1. The first kappa shape index (κ1) is 12.7. The van der Waals surface area contributed by atoms with Gasteiger partial charge in [-0.25, -0.2) is 14.8 Å². The molecule has 0 saturated carbocycles. The van der Waals surface area contributed by atoms with E-state index in [4.69, 9.17) is 4.74 Å². The van der Waals surface area contributed by atoms with Gasteiger partial charge < -0.3 is 4.74 Å². The number of fused-ring (bicyclic) bond motifs is 1. The lowest BCUT2D eigenvalue weighted by atomic mass is 10.1. The summed E-state index contributed by atoms with van der Waals surface area (Å²) in [5.41, 5.74) is 2.85. The molecule has 100 valence electrons. The Labute approximate surface area is 120 Å². The normalized spacial score (nSPS) is 10.7. The summed E-state index contributed by atoms with van der Waals surface area (Å²) in [6.45, 7) is 2.04. The van der Waals surface area contributed by atoms with Crippen LogP contribution in [-0.2, 0) is 4.74 Å². The Kier molecular flexibility index (Phi) is 3.20. The quantitative estimate of drug-likeness (QED) is 0.676. The predicted octanol–water partition coefficient (Wildman–Crippen LogP) is 3.45. The van der Waals surface area contributed by atoms with E-state index in [9.17, 15) is 4.79 Å². The molecule has 3 aromatic rings. The van der Waals surface area contributed by atoms with Crippen molar-refractivity contribution in [2.45, 2.75) is 6.92 Å². The van der Waals surface area contributed by atoms with Crippen LogP contribution in [0.15, 0.2) is 36.5 Å². The van der Waals surface area contributed by atoms with E-state index in [2.05, 4.69) is 9.97 Å². The molecule has 0 unspecified atom stereocenters. The molecule has 0 aliphatic rings. The van der Waals surface area contributed by atoms with E-state index in [1.54, 1.807) is 0 Å². The number of aromatic nitrogens is 2.